The summed E-state index contributed by atoms with van der Waals surface area (Å²) >= 11 is 2.03. The lowest BCUT2D eigenvalue weighted by Gasteiger charge is -2.30. The fourth-order valence-electron chi connectivity index (χ4n) is 2.41. The Kier molecular flexibility index (Phi) is 6.78. The molecule has 0 saturated heterocycles. The molecule has 2 nitrogen and oxygen atoms in total. The smallest absolute Gasteiger partial charge is 0.00679 e. The number of nitrogens with one attached hydrogen (secondary N) is 1. The van der Waals surface area contributed by atoms with Crippen molar-refractivity contribution in [3.8, 4) is 0 Å². The van der Waals surface area contributed by atoms with Crippen LogP contribution >= 0.6 is 11.8 Å². The van der Waals surface area contributed by atoms with Crippen molar-refractivity contribution in [2.24, 2.45) is 17.6 Å². The summed E-state index contributed by atoms with van der Waals surface area (Å²) < 4.78 is 0. The molecule has 1 unspecified atom stereocenters. The van der Waals surface area contributed by atoms with Gasteiger partial charge in [-0.15, -0.1) is 0 Å². The van der Waals surface area contributed by atoms with Crippen molar-refractivity contribution >= 4 is 11.8 Å². The Morgan fingerprint density at radius 1 is 1.25 bits per heavy atom. The van der Waals surface area contributed by atoms with Crippen LogP contribution < -0.4 is 11.1 Å². The lowest BCUT2D eigenvalue weighted by molar-refractivity contribution is 0.315. The van der Waals surface area contributed by atoms with Gasteiger partial charge in [0, 0.05) is 11.3 Å². The van der Waals surface area contributed by atoms with Crippen LogP contribution in [0.2, 0.25) is 0 Å². The fourth-order valence-corrected chi connectivity index (χ4v) is 3.16. The first-order valence-electron chi connectivity index (χ1n) is 6.63. The quantitative estimate of drug-likeness (QED) is 0.754. The van der Waals surface area contributed by atoms with E-state index in [0.29, 0.717) is 11.8 Å². The van der Waals surface area contributed by atoms with Gasteiger partial charge in [-0.1, -0.05) is 13.8 Å². The van der Waals surface area contributed by atoms with E-state index in [0.717, 1.165) is 24.4 Å². The van der Waals surface area contributed by atoms with Gasteiger partial charge in [0.25, 0.3) is 0 Å². The molecule has 3 heteroatoms. The third-order valence-corrected chi connectivity index (χ3v) is 5.06. The van der Waals surface area contributed by atoms with Gasteiger partial charge < -0.3 is 11.1 Å². The number of thioether (sulfide) groups is 1. The van der Waals surface area contributed by atoms with Crippen molar-refractivity contribution < 1.29 is 0 Å². The number of nitrogens with two attached hydrogens (primary N) is 1. The molecule has 0 heterocycles. The topological polar surface area (TPSA) is 38.0 Å². The van der Waals surface area contributed by atoms with E-state index in [1.54, 1.807) is 0 Å². The summed E-state index contributed by atoms with van der Waals surface area (Å²) in [5.41, 5.74) is 5.79. The zero-order chi connectivity index (χ0) is 12.0. The third kappa shape index (κ3) is 4.64. The Labute approximate surface area is 105 Å². The summed E-state index contributed by atoms with van der Waals surface area (Å²) in [4.78, 5) is 0. The van der Waals surface area contributed by atoms with Gasteiger partial charge in [0.15, 0.2) is 0 Å². The van der Waals surface area contributed by atoms with Gasteiger partial charge in [0.05, 0.1) is 0 Å². The van der Waals surface area contributed by atoms with Gasteiger partial charge in [-0.2, -0.15) is 11.8 Å². The van der Waals surface area contributed by atoms with E-state index in [-0.39, 0.29) is 0 Å². The van der Waals surface area contributed by atoms with Gasteiger partial charge >= 0.3 is 0 Å². The molecule has 0 aromatic carbocycles. The molecule has 0 spiro atoms. The van der Waals surface area contributed by atoms with Crippen molar-refractivity contribution in [3.63, 3.8) is 0 Å². The van der Waals surface area contributed by atoms with Crippen molar-refractivity contribution in [1.82, 2.24) is 5.32 Å². The SMILES string of the molecule is CSC1CCC(NCC(CN)C(C)C)CC1. The summed E-state index contributed by atoms with van der Waals surface area (Å²) in [6.07, 6.45) is 7.70. The highest BCUT2D eigenvalue weighted by atomic mass is 32.2. The molecular formula is C13H28N2S. The Morgan fingerprint density at radius 3 is 2.31 bits per heavy atom. The van der Waals surface area contributed by atoms with Crippen LogP contribution in [0.4, 0.5) is 0 Å². The summed E-state index contributed by atoms with van der Waals surface area (Å²) in [5, 5.41) is 4.62. The van der Waals surface area contributed by atoms with Gasteiger partial charge in [0.1, 0.15) is 0 Å². The van der Waals surface area contributed by atoms with Gasteiger partial charge in [0.2, 0.25) is 0 Å². The zero-order valence-electron chi connectivity index (χ0n) is 11.0. The van der Waals surface area contributed by atoms with E-state index in [1.165, 1.54) is 25.7 Å². The van der Waals surface area contributed by atoms with Gasteiger partial charge in [-0.25, -0.2) is 0 Å². The molecule has 96 valence electrons. The average Bonchev–Trinajstić information content (AvgIpc) is 2.30. The van der Waals surface area contributed by atoms with E-state index in [1.807, 2.05) is 11.8 Å². The molecule has 1 fully saturated rings. The Morgan fingerprint density at radius 2 is 1.88 bits per heavy atom. The molecule has 0 bridgehead atoms. The van der Waals surface area contributed by atoms with Crippen LogP contribution in [0.15, 0.2) is 0 Å². The lowest BCUT2D eigenvalue weighted by Crippen LogP contribution is -2.40. The second-order valence-electron chi connectivity index (χ2n) is 5.36. The third-order valence-electron chi connectivity index (χ3n) is 3.92. The number of hydrogen-bond donors (Lipinski definition) is 2. The fraction of sp³-hybridized carbons (Fsp3) is 1.00. The minimum atomic E-state index is 0.637. The largest absolute Gasteiger partial charge is 0.330 e. The van der Waals surface area contributed by atoms with Crippen LogP contribution in [0, 0.1) is 11.8 Å². The van der Waals surface area contributed by atoms with Gasteiger partial charge in [-0.3, -0.25) is 0 Å². The molecule has 3 N–H and O–H groups in total. The number of rotatable bonds is 6. The van der Waals surface area contributed by atoms with Crippen LogP contribution in [0.1, 0.15) is 39.5 Å². The lowest BCUT2D eigenvalue weighted by atomic mass is 9.92. The molecule has 16 heavy (non-hydrogen) atoms. The average molecular weight is 244 g/mol. The maximum Gasteiger partial charge on any atom is 0.00679 e. The van der Waals surface area contributed by atoms with E-state index in [4.69, 9.17) is 5.73 Å². The molecule has 0 aliphatic heterocycles. The van der Waals surface area contributed by atoms with E-state index in [9.17, 15) is 0 Å². The molecule has 1 atom stereocenters. The molecule has 1 aliphatic carbocycles. The molecule has 1 saturated carbocycles. The van der Waals surface area contributed by atoms with Crippen LogP contribution in [0.25, 0.3) is 0 Å². The molecule has 0 radical (unpaired) electrons. The summed E-state index contributed by atoms with van der Waals surface area (Å²) in [7, 11) is 0. The summed E-state index contributed by atoms with van der Waals surface area (Å²) in [5.74, 6) is 1.33. The summed E-state index contributed by atoms with van der Waals surface area (Å²) in [6, 6.07) is 0.746. The van der Waals surface area contributed by atoms with Crippen LogP contribution in [-0.2, 0) is 0 Å². The Balaban J connectivity index is 2.18. The van der Waals surface area contributed by atoms with Crippen molar-refractivity contribution in [3.05, 3.63) is 0 Å². The predicted molar refractivity (Wildman–Crippen MR) is 74.9 cm³/mol. The zero-order valence-corrected chi connectivity index (χ0v) is 11.9. The molecular weight excluding hydrogens is 216 g/mol. The van der Waals surface area contributed by atoms with E-state index in [2.05, 4.69) is 25.4 Å². The maximum atomic E-state index is 5.79. The first-order valence-corrected chi connectivity index (χ1v) is 7.92. The standard InChI is InChI=1S/C13H28N2S/c1-10(2)11(8-14)9-15-12-4-6-13(16-3)7-5-12/h10-13,15H,4-9,14H2,1-3H3. The van der Waals surface area contributed by atoms with Gasteiger partial charge in [-0.05, 0) is 56.9 Å². The second kappa shape index (κ2) is 7.57. The highest BCUT2D eigenvalue weighted by Crippen LogP contribution is 2.26. The molecule has 1 rings (SSSR count). The normalized spacial score (nSPS) is 28.3. The predicted octanol–water partition coefficient (Wildman–Crippen LogP) is 2.48. The van der Waals surface area contributed by atoms with Crippen molar-refractivity contribution in [2.45, 2.75) is 50.8 Å². The number of hydrogen-bond acceptors (Lipinski definition) is 3. The monoisotopic (exact) mass is 244 g/mol. The molecule has 0 amide bonds. The molecule has 0 aromatic heterocycles. The second-order valence-corrected chi connectivity index (χ2v) is 6.50. The van der Waals surface area contributed by atoms with Crippen LogP contribution in [-0.4, -0.2) is 30.6 Å². The van der Waals surface area contributed by atoms with Crippen molar-refractivity contribution in [1.29, 1.82) is 0 Å². The molecule has 1 aliphatic rings. The minimum Gasteiger partial charge on any atom is -0.330 e. The highest BCUT2D eigenvalue weighted by molar-refractivity contribution is 7.99. The highest BCUT2D eigenvalue weighted by Gasteiger charge is 2.21. The first kappa shape index (κ1) is 14.3. The summed E-state index contributed by atoms with van der Waals surface area (Å²) in [6.45, 7) is 6.45. The van der Waals surface area contributed by atoms with Crippen molar-refractivity contribution in [2.75, 3.05) is 19.3 Å². The molecule has 0 aromatic rings. The van der Waals surface area contributed by atoms with Crippen LogP contribution in [0.5, 0.6) is 0 Å². The van der Waals surface area contributed by atoms with E-state index < -0.39 is 0 Å². The van der Waals surface area contributed by atoms with E-state index >= 15 is 0 Å². The maximum absolute atomic E-state index is 5.79. The Bertz CT molecular complexity index is 177. The Hall–Kier alpha value is 0.270. The first-order chi connectivity index (χ1) is 7.67. The minimum absolute atomic E-state index is 0.637. The van der Waals surface area contributed by atoms with Crippen LogP contribution in [0.3, 0.4) is 0 Å².